The highest BCUT2D eigenvalue weighted by Gasteiger charge is 2.30. The van der Waals surface area contributed by atoms with Gasteiger partial charge in [0.15, 0.2) is 0 Å². The minimum atomic E-state index is -0.387. The number of carbonyl (C=O) groups is 2. The Hall–Kier alpha value is 0. The number of piperidine rings is 2. The molecular weight excluding hydrogens is 610 g/mol. The first kappa shape index (κ1) is 28.0. The van der Waals surface area contributed by atoms with Crippen LogP contribution in [0.15, 0.2) is 0 Å². The Kier molecular flexibility index (Phi) is 11.0. The average Bonchev–Trinajstić information content (AvgIpc) is 2.57. The summed E-state index contributed by atoms with van der Waals surface area (Å²) in [5.41, 5.74) is -0.775. The molecule has 176 valence electrons. The van der Waals surface area contributed by atoms with Crippen molar-refractivity contribution < 1.29 is 19.1 Å². The number of amides is 2. The Labute approximate surface area is 210 Å². The van der Waals surface area contributed by atoms with Gasteiger partial charge in [0.1, 0.15) is 11.2 Å². The van der Waals surface area contributed by atoms with E-state index in [0.29, 0.717) is 19.7 Å². The van der Waals surface area contributed by atoms with E-state index in [4.69, 9.17) is 9.47 Å². The van der Waals surface area contributed by atoms with Crippen LogP contribution in [0.25, 0.3) is 0 Å². The summed E-state index contributed by atoms with van der Waals surface area (Å²) in [4.78, 5) is 27.2. The lowest BCUT2D eigenvalue weighted by Gasteiger charge is -2.35. The molecule has 0 aliphatic carbocycles. The van der Waals surface area contributed by atoms with Crippen LogP contribution in [0.2, 0.25) is 0 Å². The number of nitrogens with zero attached hydrogens (tertiary/aromatic N) is 2. The maximum atomic E-state index is 11.8. The van der Waals surface area contributed by atoms with Crippen molar-refractivity contribution in [3.05, 3.63) is 0 Å². The molecule has 30 heavy (non-hydrogen) atoms. The van der Waals surface area contributed by atoms with Gasteiger partial charge in [-0.15, -0.1) is 0 Å². The number of rotatable bonds is 0. The molecule has 0 unspecified atom stereocenters. The van der Waals surface area contributed by atoms with E-state index < -0.39 is 0 Å². The molecule has 2 aliphatic rings. The minimum Gasteiger partial charge on any atom is -0.444 e. The minimum absolute atomic E-state index is 0.169. The summed E-state index contributed by atoms with van der Waals surface area (Å²) >= 11 is 4.93. The van der Waals surface area contributed by atoms with Crippen molar-refractivity contribution in [1.29, 1.82) is 0 Å². The van der Waals surface area contributed by atoms with Gasteiger partial charge in [-0.3, -0.25) is 0 Å². The van der Waals surface area contributed by atoms with Gasteiger partial charge in [-0.05, 0) is 66.2 Å². The predicted molar refractivity (Wildman–Crippen MR) is 139 cm³/mol. The third-order valence-electron chi connectivity index (χ3n) is 4.90. The van der Waals surface area contributed by atoms with Crippen molar-refractivity contribution in [3.63, 3.8) is 0 Å². The van der Waals surface area contributed by atoms with E-state index in [1.54, 1.807) is 0 Å². The van der Waals surface area contributed by atoms with Crippen LogP contribution >= 0.6 is 45.2 Å². The molecule has 2 rings (SSSR count). The second kappa shape index (κ2) is 11.7. The summed E-state index contributed by atoms with van der Waals surface area (Å²) in [5.74, 6) is 1.12. The highest BCUT2D eigenvalue weighted by Crippen LogP contribution is 2.26. The smallest absolute Gasteiger partial charge is 0.410 e. The Morgan fingerprint density at radius 2 is 1.03 bits per heavy atom. The Morgan fingerprint density at radius 3 is 1.27 bits per heavy atom. The summed E-state index contributed by atoms with van der Waals surface area (Å²) in [7, 11) is 0. The largest absolute Gasteiger partial charge is 0.444 e. The summed E-state index contributed by atoms with van der Waals surface area (Å²) in [5, 5.41) is 0. The van der Waals surface area contributed by atoms with Crippen molar-refractivity contribution in [3.8, 4) is 0 Å². The fourth-order valence-corrected chi connectivity index (χ4v) is 4.23. The van der Waals surface area contributed by atoms with Gasteiger partial charge in [-0.25, -0.2) is 9.59 Å². The molecule has 2 saturated heterocycles. The Balaban J connectivity index is 0.000000300. The molecule has 0 radical (unpaired) electrons. The lowest BCUT2D eigenvalue weighted by molar-refractivity contribution is 0.0174. The number of ether oxygens (including phenoxy) is 2. The Morgan fingerprint density at radius 1 is 0.733 bits per heavy atom. The highest BCUT2D eigenvalue weighted by atomic mass is 127. The fraction of sp³-hybridized carbons (Fsp3) is 0.909. The molecular formula is C22H40I2N2O4. The van der Waals surface area contributed by atoms with Crippen molar-refractivity contribution in [1.82, 2.24) is 9.80 Å². The van der Waals surface area contributed by atoms with Gasteiger partial charge in [-0.1, -0.05) is 59.0 Å². The quantitative estimate of drug-likeness (QED) is 0.234. The van der Waals surface area contributed by atoms with Crippen molar-refractivity contribution in [2.75, 3.05) is 26.2 Å². The first-order valence-electron chi connectivity index (χ1n) is 10.8. The van der Waals surface area contributed by atoms with Gasteiger partial charge in [0.05, 0.1) is 0 Å². The van der Waals surface area contributed by atoms with E-state index in [0.717, 1.165) is 39.0 Å². The molecule has 0 spiro atoms. The normalized spacial score (nSPS) is 27.7. The average molecular weight is 650 g/mol. The molecule has 0 bridgehead atoms. The molecule has 2 amide bonds. The van der Waals surface area contributed by atoms with Gasteiger partial charge in [0.2, 0.25) is 0 Å². The summed E-state index contributed by atoms with van der Waals surface area (Å²) in [6, 6.07) is 0. The number of carbonyl (C=O) groups excluding carboxylic acids is 2. The molecule has 0 N–H and O–H groups in total. The van der Waals surface area contributed by atoms with E-state index in [1.165, 1.54) is 0 Å². The molecule has 2 aliphatic heterocycles. The van der Waals surface area contributed by atoms with Gasteiger partial charge >= 0.3 is 12.2 Å². The zero-order chi connectivity index (χ0) is 23.3. The number of likely N-dealkylation sites (tertiary alicyclic amines) is 2. The Bertz CT molecular complexity index is 524. The monoisotopic (exact) mass is 650 g/mol. The molecule has 4 atom stereocenters. The zero-order valence-electron chi connectivity index (χ0n) is 19.8. The fourth-order valence-electron chi connectivity index (χ4n) is 3.22. The van der Waals surface area contributed by atoms with Crippen molar-refractivity contribution >= 4 is 57.4 Å². The maximum absolute atomic E-state index is 11.8. The van der Waals surface area contributed by atoms with Crippen LogP contribution in [-0.4, -0.2) is 67.2 Å². The number of halogens is 2. The maximum Gasteiger partial charge on any atom is 0.410 e. The van der Waals surface area contributed by atoms with Crippen molar-refractivity contribution in [2.24, 2.45) is 11.8 Å². The highest BCUT2D eigenvalue weighted by molar-refractivity contribution is 14.1. The van der Waals surface area contributed by atoms with E-state index >= 15 is 0 Å². The molecule has 6 nitrogen and oxygen atoms in total. The van der Waals surface area contributed by atoms with E-state index in [-0.39, 0.29) is 23.4 Å². The first-order chi connectivity index (χ1) is 13.6. The lowest BCUT2D eigenvalue weighted by atomic mass is 10.0. The SMILES string of the molecule is C[C@@H]1CN(C(=O)OC(C)(C)C)CC[C@@H]1I.C[C@H]1CN(C(=O)OC(C)(C)C)CC[C@H]1I. The van der Waals surface area contributed by atoms with E-state index in [9.17, 15) is 9.59 Å². The summed E-state index contributed by atoms with van der Waals surface area (Å²) in [6.07, 6.45) is 1.80. The van der Waals surface area contributed by atoms with Crippen LogP contribution < -0.4 is 0 Å². The van der Waals surface area contributed by atoms with E-state index in [1.807, 2.05) is 51.3 Å². The summed E-state index contributed by atoms with van der Waals surface area (Å²) in [6.45, 7) is 19.1. The van der Waals surface area contributed by atoms with Crippen LogP contribution in [-0.2, 0) is 9.47 Å². The molecule has 0 saturated carbocycles. The molecule has 2 heterocycles. The third-order valence-corrected chi connectivity index (χ3v) is 8.61. The van der Waals surface area contributed by atoms with Crippen LogP contribution in [0.4, 0.5) is 9.59 Å². The van der Waals surface area contributed by atoms with Crippen LogP contribution in [0.1, 0.15) is 68.2 Å². The number of hydrogen-bond acceptors (Lipinski definition) is 4. The summed E-state index contributed by atoms with van der Waals surface area (Å²) < 4.78 is 12.1. The van der Waals surface area contributed by atoms with Gasteiger partial charge in [0, 0.05) is 34.0 Å². The second-order valence-corrected chi connectivity index (χ2v) is 13.6. The second-order valence-electron chi connectivity index (χ2n) is 10.4. The standard InChI is InChI=1S/2C11H20INO2/c2*1-8-7-13(6-5-9(8)12)10(14)15-11(2,3)4/h2*8-9H,5-7H2,1-4H3/t2*8-,9+/m10/s1. The van der Waals surface area contributed by atoms with Gasteiger partial charge in [0.25, 0.3) is 0 Å². The lowest BCUT2D eigenvalue weighted by Crippen LogP contribution is -2.45. The molecule has 8 heteroatoms. The van der Waals surface area contributed by atoms with E-state index in [2.05, 4.69) is 59.0 Å². The van der Waals surface area contributed by atoms with Gasteiger partial charge in [-0.2, -0.15) is 0 Å². The third kappa shape index (κ3) is 10.5. The first-order valence-corrected chi connectivity index (χ1v) is 13.3. The molecule has 2 fully saturated rings. The zero-order valence-corrected chi connectivity index (χ0v) is 24.2. The molecule has 0 aromatic carbocycles. The predicted octanol–water partition coefficient (Wildman–Crippen LogP) is 6.13. The van der Waals surface area contributed by atoms with Crippen LogP contribution in [0.5, 0.6) is 0 Å². The number of hydrogen-bond donors (Lipinski definition) is 0. The van der Waals surface area contributed by atoms with Crippen LogP contribution in [0, 0.1) is 11.8 Å². The van der Waals surface area contributed by atoms with Gasteiger partial charge < -0.3 is 19.3 Å². The molecule has 0 aromatic rings. The molecule has 0 aromatic heterocycles. The van der Waals surface area contributed by atoms with Crippen molar-refractivity contribution in [2.45, 2.75) is 87.3 Å². The van der Waals surface area contributed by atoms with Crippen LogP contribution in [0.3, 0.4) is 0 Å². The number of alkyl halides is 2. The topological polar surface area (TPSA) is 59.1 Å².